The molecule has 0 saturated heterocycles. The molecule has 1 rings (SSSR count). The first kappa shape index (κ1) is 11.7. The fourth-order valence-electron chi connectivity index (χ4n) is 1.36. The highest BCUT2D eigenvalue weighted by atomic mass is 16.3. The van der Waals surface area contributed by atoms with Crippen LogP contribution in [0.15, 0.2) is 6.07 Å². The number of hydrogen-bond acceptors (Lipinski definition) is 3. The zero-order valence-electron chi connectivity index (χ0n) is 9.32. The molecule has 0 unspecified atom stereocenters. The molecule has 84 valence electrons. The number of aryl methyl sites for hydroxylation is 2. The highest BCUT2D eigenvalue weighted by molar-refractivity contribution is 5.92. The maximum atomic E-state index is 11.7. The monoisotopic (exact) mass is 211 g/mol. The Hall–Kier alpha value is -1.36. The van der Waals surface area contributed by atoms with Crippen LogP contribution >= 0.6 is 0 Å². The van der Waals surface area contributed by atoms with Crippen LogP contribution in [0.2, 0.25) is 0 Å². The van der Waals surface area contributed by atoms with Gasteiger partial charge in [0.2, 0.25) is 0 Å². The van der Waals surface area contributed by atoms with Gasteiger partial charge in [-0.15, -0.1) is 0 Å². The molecule has 0 fully saturated rings. The smallest absolute Gasteiger partial charge is 0.269 e. The fraction of sp³-hybridized carbons (Fsp3) is 0.600. The van der Waals surface area contributed by atoms with Crippen LogP contribution in [-0.2, 0) is 7.05 Å². The molecule has 5 nitrogen and oxygen atoms in total. The Balaban J connectivity index is 2.72. The molecule has 0 spiro atoms. The number of nitrogens with one attached hydrogen (secondary N) is 1. The van der Waals surface area contributed by atoms with Crippen molar-refractivity contribution in [2.75, 3.05) is 6.61 Å². The molecule has 0 aliphatic rings. The normalized spacial score (nSPS) is 12.5. The van der Waals surface area contributed by atoms with E-state index >= 15 is 0 Å². The number of carbonyl (C=O) groups excluding carboxylic acids is 1. The van der Waals surface area contributed by atoms with E-state index < -0.39 is 0 Å². The minimum Gasteiger partial charge on any atom is -0.394 e. The number of nitrogens with zero attached hydrogens (tertiary/aromatic N) is 2. The third-order valence-electron chi connectivity index (χ3n) is 2.28. The summed E-state index contributed by atoms with van der Waals surface area (Å²) >= 11 is 0. The number of aliphatic hydroxyl groups excluding tert-OH is 1. The van der Waals surface area contributed by atoms with E-state index in [1.54, 1.807) is 13.1 Å². The van der Waals surface area contributed by atoms with Crippen LogP contribution in [0.4, 0.5) is 0 Å². The summed E-state index contributed by atoms with van der Waals surface area (Å²) in [6.45, 7) is 3.70. The number of hydrogen-bond donors (Lipinski definition) is 2. The zero-order valence-corrected chi connectivity index (χ0v) is 9.32. The van der Waals surface area contributed by atoms with Crippen molar-refractivity contribution in [1.29, 1.82) is 0 Å². The van der Waals surface area contributed by atoms with Crippen molar-refractivity contribution >= 4 is 5.91 Å². The number of rotatable bonds is 4. The van der Waals surface area contributed by atoms with E-state index in [2.05, 4.69) is 10.4 Å². The third kappa shape index (κ3) is 2.79. The van der Waals surface area contributed by atoms with Gasteiger partial charge in [-0.25, -0.2) is 0 Å². The molecule has 0 radical (unpaired) electrons. The van der Waals surface area contributed by atoms with E-state index in [-0.39, 0.29) is 18.6 Å². The van der Waals surface area contributed by atoms with Crippen LogP contribution in [0.5, 0.6) is 0 Å². The van der Waals surface area contributed by atoms with E-state index in [0.717, 1.165) is 5.69 Å². The SMILES string of the molecule is CC[C@H](CO)NC(=O)c1cc(C)nn1C. The van der Waals surface area contributed by atoms with Gasteiger partial charge in [-0.1, -0.05) is 6.92 Å². The molecule has 1 heterocycles. The van der Waals surface area contributed by atoms with Crippen LogP contribution < -0.4 is 5.32 Å². The van der Waals surface area contributed by atoms with Crippen molar-refractivity contribution in [3.63, 3.8) is 0 Å². The van der Waals surface area contributed by atoms with Crippen LogP contribution in [0.3, 0.4) is 0 Å². The summed E-state index contributed by atoms with van der Waals surface area (Å²) in [5, 5.41) is 15.8. The van der Waals surface area contributed by atoms with Crippen LogP contribution in [0.25, 0.3) is 0 Å². The second kappa shape index (κ2) is 4.93. The number of amides is 1. The maximum Gasteiger partial charge on any atom is 0.269 e. The Morgan fingerprint density at radius 2 is 2.40 bits per heavy atom. The quantitative estimate of drug-likeness (QED) is 0.749. The molecule has 2 N–H and O–H groups in total. The molecule has 0 aliphatic carbocycles. The van der Waals surface area contributed by atoms with Gasteiger partial charge in [-0.2, -0.15) is 5.10 Å². The van der Waals surface area contributed by atoms with E-state index in [1.807, 2.05) is 13.8 Å². The van der Waals surface area contributed by atoms with E-state index in [1.165, 1.54) is 4.68 Å². The minimum absolute atomic E-state index is 0.0426. The van der Waals surface area contributed by atoms with Gasteiger partial charge in [0.15, 0.2) is 0 Å². The van der Waals surface area contributed by atoms with Crippen molar-refractivity contribution in [3.8, 4) is 0 Å². The predicted octanol–water partition coefficient (Wildman–Crippen LogP) is 0.229. The van der Waals surface area contributed by atoms with E-state index in [9.17, 15) is 4.79 Å². The minimum atomic E-state index is -0.195. The average Bonchev–Trinajstić information content (AvgIpc) is 2.54. The summed E-state index contributed by atoms with van der Waals surface area (Å²) in [4.78, 5) is 11.7. The van der Waals surface area contributed by atoms with Crippen LogP contribution in [-0.4, -0.2) is 33.4 Å². The largest absolute Gasteiger partial charge is 0.394 e. The first-order valence-corrected chi connectivity index (χ1v) is 5.00. The zero-order chi connectivity index (χ0) is 11.4. The van der Waals surface area contributed by atoms with Gasteiger partial charge >= 0.3 is 0 Å². The van der Waals surface area contributed by atoms with Gasteiger partial charge < -0.3 is 10.4 Å². The molecule has 1 aromatic heterocycles. The van der Waals surface area contributed by atoms with E-state index in [0.29, 0.717) is 12.1 Å². The molecule has 0 bridgehead atoms. The standard InChI is InChI=1S/C10H17N3O2/c1-4-8(6-14)11-10(15)9-5-7(2)12-13(9)3/h5,8,14H,4,6H2,1-3H3,(H,11,15)/t8-/m1/s1. The molecular weight excluding hydrogens is 194 g/mol. The topological polar surface area (TPSA) is 67.2 Å². The van der Waals surface area contributed by atoms with Crippen molar-refractivity contribution in [2.45, 2.75) is 26.3 Å². The second-order valence-electron chi connectivity index (χ2n) is 3.56. The molecule has 0 aromatic carbocycles. The summed E-state index contributed by atoms with van der Waals surface area (Å²) < 4.78 is 1.54. The first-order chi connectivity index (χ1) is 7.08. The Kier molecular flexibility index (Phi) is 3.85. The molecule has 1 aromatic rings. The van der Waals surface area contributed by atoms with Gasteiger partial charge in [0.25, 0.3) is 5.91 Å². The first-order valence-electron chi connectivity index (χ1n) is 5.00. The highest BCUT2D eigenvalue weighted by Gasteiger charge is 2.14. The number of aromatic nitrogens is 2. The summed E-state index contributed by atoms with van der Waals surface area (Å²) in [7, 11) is 1.72. The highest BCUT2D eigenvalue weighted by Crippen LogP contribution is 2.02. The fourth-order valence-corrected chi connectivity index (χ4v) is 1.36. The molecule has 1 amide bonds. The van der Waals surface area contributed by atoms with Crippen molar-refractivity contribution in [3.05, 3.63) is 17.5 Å². The van der Waals surface area contributed by atoms with Crippen molar-refractivity contribution in [2.24, 2.45) is 7.05 Å². The van der Waals surface area contributed by atoms with Crippen molar-refractivity contribution in [1.82, 2.24) is 15.1 Å². The predicted molar refractivity (Wildman–Crippen MR) is 56.6 cm³/mol. The molecule has 0 saturated carbocycles. The lowest BCUT2D eigenvalue weighted by molar-refractivity contribution is 0.0905. The molecule has 15 heavy (non-hydrogen) atoms. The van der Waals surface area contributed by atoms with Crippen LogP contribution in [0, 0.1) is 6.92 Å². The number of carbonyl (C=O) groups is 1. The van der Waals surface area contributed by atoms with Gasteiger partial charge in [-0.05, 0) is 19.4 Å². The van der Waals surface area contributed by atoms with Gasteiger partial charge in [0.05, 0.1) is 18.3 Å². The third-order valence-corrected chi connectivity index (χ3v) is 2.28. The lowest BCUT2D eigenvalue weighted by Gasteiger charge is -2.13. The Labute approximate surface area is 89.1 Å². The summed E-state index contributed by atoms with van der Waals surface area (Å²) in [6, 6.07) is 1.53. The maximum absolute atomic E-state index is 11.7. The summed E-state index contributed by atoms with van der Waals surface area (Å²) in [5.74, 6) is -0.195. The average molecular weight is 211 g/mol. The molecular formula is C10H17N3O2. The summed E-state index contributed by atoms with van der Waals surface area (Å²) in [5.41, 5.74) is 1.32. The Bertz CT molecular complexity index is 342. The van der Waals surface area contributed by atoms with Gasteiger partial charge in [-0.3, -0.25) is 9.48 Å². The van der Waals surface area contributed by atoms with Crippen molar-refractivity contribution < 1.29 is 9.90 Å². The molecule has 1 atom stereocenters. The number of aliphatic hydroxyl groups is 1. The van der Waals surface area contributed by atoms with Crippen LogP contribution in [0.1, 0.15) is 29.5 Å². The molecule has 5 heteroatoms. The summed E-state index contributed by atoms with van der Waals surface area (Å²) in [6.07, 6.45) is 0.707. The Morgan fingerprint density at radius 3 is 2.80 bits per heavy atom. The van der Waals surface area contributed by atoms with E-state index in [4.69, 9.17) is 5.11 Å². The van der Waals surface area contributed by atoms with Gasteiger partial charge in [0, 0.05) is 7.05 Å². The lowest BCUT2D eigenvalue weighted by Crippen LogP contribution is -2.37. The lowest BCUT2D eigenvalue weighted by atomic mass is 10.2. The second-order valence-corrected chi connectivity index (χ2v) is 3.56. The molecule has 0 aliphatic heterocycles. The van der Waals surface area contributed by atoms with Gasteiger partial charge in [0.1, 0.15) is 5.69 Å². The Morgan fingerprint density at radius 1 is 1.73 bits per heavy atom.